The number of nitrogens with one attached hydrogen (secondary N) is 2. The van der Waals surface area contributed by atoms with E-state index in [1.54, 1.807) is 19.1 Å². The lowest BCUT2D eigenvalue weighted by Crippen LogP contribution is -2.43. The molecule has 7 nitrogen and oxygen atoms in total. The van der Waals surface area contributed by atoms with Gasteiger partial charge in [-0.1, -0.05) is 6.07 Å². The zero-order chi connectivity index (χ0) is 15.2. The predicted molar refractivity (Wildman–Crippen MR) is 72.2 cm³/mol. The molecule has 3 rings (SSSR count). The Morgan fingerprint density at radius 1 is 1.43 bits per heavy atom. The van der Waals surface area contributed by atoms with E-state index >= 15 is 0 Å². The summed E-state index contributed by atoms with van der Waals surface area (Å²) in [6, 6.07) is 4.77. The molecule has 7 heteroatoms. The summed E-state index contributed by atoms with van der Waals surface area (Å²) in [5.74, 6) is -1.58. The summed E-state index contributed by atoms with van der Waals surface area (Å²) in [5.41, 5.74) is -0.540. The summed E-state index contributed by atoms with van der Waals surface area (Å²) >= 11 is 0. The zero-order valence-corrected chi connectivity index (χ0v) is 11.3. The number of aliphatic carboxylic acids is 1. The van der Waals surface area contributed by atoms with Gasteiger partial charge in [-0.25, -0.2) is 4.79 Å². The van der Waals surface area contributed by atoms with E-state index < -0.39 is 23.5 Å². The van der Waals surface area contributed by atoms with Gasteiger partial charge in [-0.2, -0.15) is 0 Å². The number of ether oxygens (including phenoxy) is 1. The van der Waals surface area contributed by atoms with Crippen molar-refractivity contribution in [2.45, 2.75) is 31.4 Å². The maximum absolute atomic E-state index is 12.3. The van der Waals surface area contributed by atoms with Crippen molar-refractivity contribution in [3.63, 3.8) is 0 Å². The summed E-state index contributed by atoms with van der Waals surface area (Å²) in [5, 5.41) is 14.3. The molecule has 1 aliphatic carbocycles. The number of benzene rings is 1. The van der Waals surface area contributed by atoms with Gasteiger partial charge in [0.2, 0.25) is 0 Å². The highest BCUT2D eigenvalue weighted by Gasteiger charge is 2.52. The van der Waals surface area contributed by atoms with E-state index in [2.05, 4.69) is 10.6 Å². The molecule has 0 bridgehead atoms. The lowest BCUT2D eigenvalue weighted by molar-refractivity contribution is -0.140. The maximum atomic E-state index is 12.3. The van der Waals surface area contributed by atoms with E-state index in [4.69, 9.17) is 9.84 Å². The van der Waals surface area contributed by atoms with Crippen LogP contribution in [0.1, 0.15) is 30.1 Å². The number of para-hydroxylation sites is 1. The fourth-order valence-corrected chi connectivity index (χ4v) is 2.21. The number of carboxylic acid groups (broad SMARTS) is 1. The van der Waals surface area contributed by atoms with Crippen molar-refractivity contribution in [3.05, 3.63) is 23.8 Å². The Bertz CT molecular complexity index is 651. The standard InChI is InChI=1S/C14H14N2O5/c1-7-11(17)15-9-4-2-3-8(10(9)21-7)12(18)16-14(5-6-14)13(19)20/h2-4,7H,5-6H2,1H3,(H,15,17)(H,16,18)(H,19,20). The molecule has 1 unspecified atom stereocenters. The van der Waals surface area contributed by atoms with Gasteiger partial charge >= 0.3 is 5.97 Å². The van der Waals surface area contributed by atoms with Crippen LogP contribution in [0.25, 0.3) is 0 Å². The molecule has 0 radical (unpaired) electrons. The van der Waals surface area contributed by atoms with Gasteiger partial charge in [0.15, 0.2) is 11.9 Å². The van der Waals surface area contributed by atoms with E-state index in [9.17, 15) is 14.4 Å². The Morgan fingerprint density at radius 3 is 2.76 bits per heavy atom. The highest BCUT2D eigenvalue weighted by molar-refractivity contribution is 6.05. The number of carbonyl (C=O) groups is 3. The van der Waals surface area contributed by atoms with Crippen molar-refractivity contribution in [1.29, 1.82) is 0 Å². The molecule has 1 atom stereocenters. The minimum absolute atomic E-state index is 0.215. The normalized spacial score (nSPS) is 21.6. The highest BCUT2D eigenvalue weighted by atomic mass is 16.5. The van der Waals surface area contributed by atoms with Crippen LogP contribution in [0.3, 0.4) is 0 Å². The number of anilines is 1. The van der Waals surface area contributed by atoms with E-state index in [0.717, 1.165) is 0 Å². The summed E-state index contributed by atoms with van der Waals surface area (Å²) < 4.78 is 5.47. The average Bonchev–Trinajstić information content (AvgIpc) is 3.20. The molecule has 3 N–H and O–H groups in total. The first-order valence-electron chi connectivity index (χ1n) is 6.59. The second-order valence-electron chi connectivity index (χ2n) is 5.27. The monoisotopic (exact) mass is 290 g/mol. The van der Waals surface area contributed by atoms with Crippen LogP contribution in [-0.4, -0.2) is 34.5 Å². The fraction of sp³-hybridized carbons (Fsp3) is 0.357. The van der Waals surface area contributed by atoms with E-state index in [1.807, 2.05) is 0 Å². The van der Waals surface area contributed by atoms with Crippen LogP contribution in [-0.2, 0) is 9.59 Å². The van der Waals surface area contributed by atoms with Crippen LogP contribution >= 0.6 is 0 Å². The summed E-state index contributed by atoms with van der Waals surface area (Å²) in [4.78, 5) is 35.0. The molecule has 110 valence electrons. The highest BCUT2D eigenvalue weighted by Crippen LogP contribution is 2.38. The number of rotatable bonds is 3. The molecular weight excluding hydrogens is 276 g/mol. The van der Waals surface area contributed by atoms with Crippen molar-refractivity contribution in [3.8, 4) is 5.75 Å². The number of carbonyl (C=O) groups excluding carboxylic acids is 2. The van der Waals surface area contributed by atoms with Crippen LogP contribution in [0.4, 0.5) is 5.69 Å². The van der Waals surface area contributed by atoms with Crippen LogP contribution in [0.5, 0.6) is 5.75 Å². The number of fused-ring (bicyclic) bond motifs is 1. The average molecular weight is 290 g/mol. The summed E-state index contributed by atoms with van der Waals surface area (Å²) in [6.07, 6.45) is 0.120. The predicted octanol–water partition coefficient (Wildman–Crippen LogP) is 0.753. The molecular formula is C14H14N2O5. The van der Waals surface area contributed by atoms with Crippen LogP contribution < -0.4 is 15.4 Å². The molecule has 1 aromatic carbocycles. The second kappa shape index (κ2) is 4.47. The maximum Gasteiger partial charge on any atom is 0.329 e. The lowest BCUT2D eigenvalue weighted by atomic mass is 10.1. The third-order valence-electron chi connectivity index (χ3n) is 3.69. The van der Waals surface area contributed by atoms with Gasteiger partial charge in [0, 0.05) is 0 Å². The molecule has 1 fully saturated rings. The van der Waals surface area contributed by atoms with Gasteiger partial charge < -0.3 is 20.5 Å². The van der Waals surface area contributed by atoms with Crippen molar-refractivity contribution in [1.82, 2.24) is 5.32 Å². The Morgan fingerprint density at radius 2 is 2.14 bits per heavy atom. The van der Waals surface area contributed by atoms with Crippen LogP contribution in [0.2, 0.25) is 0 Å². The topological polar surface area (TPSA) is 105 Å². The first-order chi connectivity index (χ1) is 9.93. The van der Waals surface area contributed by atoms with E-state index in [-0.39, 0.29) is 17.2 Å². The third kappa shape index (κ3) is 2.20. The minimum Gasteiger partial charge on any atom is -0.480 e. The quantitative estimate of drug-likeness (QED) is 0.762. The lowest BCUT2D eigenvalue weighted by Gasteiger charge is -2.25. The third-order valence-corrected chi connectivity index (χ3v) is 3.69. The van der Waals surface area contributed by atoms with Gasteiger partial charge in [-0.15, -0.1) is 0 Å². The Balaban J connectivity index is 1.90. The van der Waals surface area contributed by atoms with Gasteiger partial charge in [-0.05, 0) is 31.9 Å². The molecule has 2 amide bonds. The molecule has 1 saturated carbocycles. The number of hydrogen-bond acceptors (Lipinski definition) is 4. The molecule has 0 saturated heterocycles. The van der Waals surface area contributed by atoms with Crippen molar-refractivity contribution in [2.24, 2.45) is 0 Å². The van der Waals surface area contributed by atoms with Gasteiger partial charge in [0.25, 0.3) is 11.8 Å². The van der Waals surface area contributed by atoms with E-state index in [0.29, 0.717) is 18.5 Å². The molecule has 21 heavy (non-hydrogen) atoms. The number of amides is 2. The van der Waals surface area contributed by atoms with Gasteiger partial charge in [0.1, 0.15) is 5.54 Å². The van der Waals surface area contributed by atoms with Gasteiger partial charge in [-0.3, -0.25) is 9.59 Å². The number of hydrogen-bond donors (Lipinski definition) is 3. The Labute approximate surface area is 120 Å². The SMILES string of the molecule is CC1Oc2c(cccc2C(=O)NC2(C(=O)O)CC2)NC1=O. The van der Waals surface area contributed by atoms with Crippen molar-refractivity contribution in [2.75, 3.05) is 5.32 Å². The van der Waals surface area contributed by atoms with Crippen molar-refractivity contribution >= 4 is 23.5 Å². The molecule has 0 spiro atoms. The Kier molecular flexibility index (Phi) is 2.86. The summed E-state index contributed by atoms with van der Waals surface area (Å²) in [6.45, 7) is 1.58. The molecule has 1 aliphatic heterocycles. The first kappa shape index (κ1) is 13.4. The summed E-state index contributed by atoms with van der Waals surface area (Å²) in [7, 11) is 0. The molecule has 2 aliphatic rings. The van der Waals surface area contributed by atoms with E-state index in [1.165, 1.54) is 6.07 Å². The fourth-order valence-electron chi connectivity index (χ4n) is 2.21. The van der Waals surface area contributed by atoms with Crippen molar-refractivity contribution < 1.29 is 24.2 Å². The van der Waals surface area contributed by atoms with Gasteiger partial charge in [0.05, 0.1) is 11.3 Å². The molecule has 1 heterocycles. The number of carboxylic acids is 1. The second-order valence-corrected chi connectivity index (χ2v) is 5.27. The Hall–Kier alpha value is -2.57. The largest absolute Gasteiger partial charge is 0.480 e. The zero-order valence-electron chi connectivity index (χ0n) is 11.3. The molecule has 1 aromatic rings. The van der Waals surface area contributed by atoms with Crippen LogP contribution in [0.15, 0.2) is 18.2 Å². The smallest absolute Gasteiger partial charge is 0.329 e. The minimum atomic E-state index is -1.16. The van der Waals surface area contributed by atoms with Crippen LogP contribution in [0, 0.1) is 0 Å². The first-order valence-corrected chi connectivity index (χ1v) is 6.59. The molecule has 0 aromatic heterocycles.